The summed E-state index contributed by atoms with van der Waals surface area (Å²) in [6, 6.07) is 13.9. The number of hydrogen-bond donors (Lipinski definition) is 1. The van der Waals surface area contributed by atoms with E-state index in [1.165, 1.54) is 4.57 Å². The number of amides is 1. The van der Waals surface area contributed by atoms with Crippen molar-refractivity contribution in [3.8, 4) is 0 Å². The number of nitrogens with one attached hydrogen (secondary N) is 1. The van der Waals surface area contributed by atoms with Gasteiger partial charge in [0.25, 0.3) is 0 Å². The van der Waals surface area contributed by atoms with E-state index >= 15 is 0 Å². The number of benzene rings is 2. The zero-order chi connectivity index (χ0) is 17.1. The van der Waals surface area contributed by atoms with Gasteiger partial charge in [0.1, 0.15) is 6.04 Å². The van der Waals surface area contributed by atoms with E-state index in [4.69, 9.17) is 16.0 Å². The van der Waals surface area contributed by atoms with Gasteiger partial charge in [0.15, 0.2) is 5.58 Å². The summed E-state index contributed by atoms with van der Waals surface area (Å²) in [7, 11) is 0. The number of fused-ring (bicyclic) bond motifs is 1. The third-order valence-corrected chi connectivity index (χ3v) is 4.12. The lowest BCUT2D eigenvalue weighted by Gasteiger charge is -2.13. The molecular weight excluding hydrogens is 328 g/mol. The predicted octanol–water partition coefficient (Wildman–Crippen LogP) is 3.17. The average Bonchev–Trinajstić information content (AvgIpc) is 2.90. The van der Waals surface area contributed by atoms with Gasteiger partial charge in [-0.15, -0.1) is 0 Å². The van der Waals surface area contributed by atoms with Crippen molar-refractivity contribution in [2.75, 3.05) is 6.54 Å². The van der Waals surface area contributed by atoms with Crippen LogP contribution in [-0.4, -0.2) is 17.0 Å². The third-order valence-electron chi connectivity index (χ3n) is 3.89. The first-order chi connectivity index (χ1) is 11.6. The Morgan fingerprint density at radius 1 is 1.25 bits per heavy atom. The molecule has 0 bridgehead atoms. The maximum absolute atomic E-state index is 12.4. The first-order valence-corrected chi connectivity index (χ1v) is 8.06. The van der Waals surface area contributed by atoms with Crippen LogP contribution < -0.4 is 11.1 Å². The lowest BCUT2D eigenvalue weighted by Crippen LogP contribution is -2.35. The topological polar surface area (TPSA) is 64.2 Å². The van der Waals surface area contributed by atoms with Crippen LogP contribution in [0.3, 0.4) is 0 Å². The van der Waals surface area contributed by atoms with Crippen LogP contribution in [0.2, 0.25) is 5.02 Å². The highest BCUT2D eigenvalue weighted by atomic mass is 35.5. The molecule has 6 heteroatoms. The number of para-hydroxylation sites is 2. The Labute approximate surface area is 143 Å². The average molecular weight is 345 g/mol. The molecule has 0 fully saturated rings. The van der Waals surface area contributed by atoms with E-state index in [0.717, 1.165) is 5.56 Å². The molecule has 0 aliphatic rings. The van der Waals surface area contributed by atoms with Gasteiger partial charge in [0.2, 0.25) is 5.91 Å². The number of rotatable bonds is 5. The summed E-state index contributed by atoms with van der Waals surface area (Å²) >= 11 is 5.94. The van der Waals surface area contributed by atoms with E-state index in [1.54, 1.807) is 31.2 Å². The van der Waals surface area contributed by atoms with Crippen LogP contribution in [0.25, 0.3) is 11.1 Å². The van der Waals surface area contributed by atoms with Gasteiger partial charge in [0, 0.05) is 11.6 Å². The third kappa shape index (κ3) is 3.36. The van der Waals surface area contributed by atoms with Gasteiger partial charge in [-0.05, 0) is 43.2 Å². The molecule has 0 spiro atoms. The van der Waals surface area contributed by atoms with Gasteiger partial charge in [-0.1, -0.05) is 35.9 Å². The van der Waals surface area contributed by atoms with Crippen molar-refractivity contribution >= 4 is 28.6 Å². The number of aromatic nitrogens is 1. The van der Waals surface area contributed by atoms with Crippen molar-refractivity contribution in [2.24, 2.45) is 0 Å². The first kappa shape index (κ1) is 16.3. The number of nitrogens with zero attached hydrogens (tertiary/aromatic N) is 1. The van der Waals surface area contributed by atoms with Gasteiger partial charge in [-0.25, -0.2) is 4.79 Å². The number of carbonyl (C=O) groups excluding carboxylic acids is 1. The Kier molecular flexibility index (Phi) is 4.71. The molecule has 5 nitrogen and oxygen atoms in total. The van der Waals surface area contributed by atoms with Crippen molar-refractivity contribution < 1.29 is 9.21 Å². The Bertz CT molecular complexity index is 929. The monoisotopic (exact) mass is 344 g/mol. The molecule has 1 unspecified atom stereocenters. The smallest absolute Gasteiger partial charge is 0.408 e. The van der Waals surface area contributed by atoms with E-state index in [0.29, 0.717) is 29.1 Å². The summed E-state index contributed by atoms with van der Waals surface area (Å²) < 4.78 is 6.54. The zero-order valence-corrected chi connectivity index (χ0v) is 13.9. The van der Waals surface area contributed by atoms with Crippen LogP contribution >= 0.6 is 11.6 Å². The molecule has 3 aromatic rings. The SMILES string of the molecule is CC(C(=O)NCCc1cccc(Cl)c1)n1c(=O)oc2ccccc21. The summed E-state index contributed by atoms with van der Waals surface area (Å²) in [5.74, 6) is -0.764. The molecule has 0 saturated carbocycles. The molecule has 1 atom stereocenters. The minimum atomic E-state index is -0.652. The molecule has 0 aliphatic carbocycles. The van der Waals surface area contributed by atoms with Gasteiger partial charge in [-0.3, -0.25) is 9.36 Å². The Balaban J connectivity index is 1.68. The fourth-order valence-corrected chi connectivity index (χ4v) is 2.85. The Hall–Kier alpha value is -2.53. The summed E-state index contributed by atoms with van der Waals surface area (Å²) in [4.78, 5) is 24.4. The molecule has 3 rings (SSSR count). The van der Waals surface area contributed by atoms with Crippen LogP contribution in [0.5, 0.6) is 0 Å². The number of hydrogen-bond acceptors (Lipinski definition) is 3. The standard InChI is InChI=1S/C18H17ClN2O3/c1-12(21-15-7-2-3-8-16(15)24-18(21)23)17(22)20-10-9-13-5-4-6-14(19)11-13/h2-8,11-12H,9-10H2,1H3,(H,20,22). The van der Waals surface area contributed by atoms with Crippen molar-refractivity contribution in [3.05, 3.63) is 69.7 Å². The van der Waals surface area contributed by atoms with Crippen molar-refractivity contribution in [3.63, 3.8) is 0 Å². The molecule has 124 valence electrons. The molecule has 0 radical (unpaired) electrons. The molecular formula is C18H17ClN2O3. The maximum atomic E-state index is 12.4. The maximum Gasteiger partial charge on any atom is 0.420 e. The normalized spacial score (nSPS) is 12.2. The van der Waals surface area contributed by atoms with Crippen LogP contribution in [0, 0.1) is 0 Å². The van der Waals surface area contributed by atoms with Crippen molar-refractivity contribution in [2.45, 2.75) is 19.4 Å². The highest BCUT2D eigenvalue weighted by molar-refractivity contribution is 6.30. The molecule has 2 aromatic carbocycles. The van der Waals surface area contributed by atoms with Gasteiger partial charge < -0.3 is 9.73 Å². The zero-order valence-electron chi connectivity index (χ0n) is 13.2. The molecule has 24 heavy (non-hydrogen) atoms. The lowest BCUT2D eigenvalue weighted by atomic mass is 10.1. The van der Waals surface area contributed by atoms with Crippen LogP contribution in [-0.2, 0) is 11.2 Å². The van der Waals surface area contributed by atoms with E-state index in [-0.39, 0.29) is 5.91 Å². The first-order valence-electron chi connectivity index (χ1n) is 7.68. The highest BCUT2D eigenvalue weighted by Gasteiger charge is 2.20. The van der Waals surface area contributed by atoms with Gasteiger partial charge >= 0.3 is 5.76 Å². The molecule has 1 N–H and O–H groups in total. The fourth-order valence-electron chi connectivity index (χ4n) is 2.64. The van der Waals surface area contributed by atoms with Crippen LogP contribution in [0.15, 0.2) is 57.7 Å². The van der Waals surface area contributed by atoms with Gasteiger partial charge in [0.05, 0.1) is 5.52 Å². The van der Waals surface area contributed by atoms with Crippen molar-refractivity contribution in [1.29, 1.82) is 0 Å². The number of halogens is 1. The fraction of sp³-hybridized carbons (Fsp3) is 0.222. The second-order valence-electron chi connectivity index (χ2n) is 5.55. The van der Waals surface area contributed by atoms with Crippen molar-refractivity contribution in [1.82, 2.24) is 9.88 Å². The summed E-state index contributed by atoms with van der Waals surface area (Å²) in [6.07, 6.45) is 0.667. The van der Waals surface area contributed by atoms with Crippen LogP contribution in [0.1, 0.15) is 18.5 Å². The second kappa shape index (κ2) is 6.93. The quantitative estimate of drug-likeness (QED) is 0.773. The molecule has 0 saturated heterocycles. The Morgan fingerprint density at radius 2 is 2.04 bits per heavy atom. The van der Waals surface area contributed by atoms with E-state index < -0.39 is 11.8 Å². The lowest BCUT2D eigenvalue weighted by molar-refractivity contribution is -0.123. The summed E-state index contributed by atoms with van der Waals surface area (Å²) in [6.45, 7) is 2.14. The highest BCUT2D eigenvalue weighted by Crippen LogP contribution is 2.16. The molecule has 1 aromatic heterocycles. The number of carbonyl (C=O) groups is 1. The Morgan fingerprint density at radius 3 is 2.83 bits per heavy atom. The second-order valence-corrected chi connectivity index (χ2v) is 5.99. The van der Waals surface area contributed by atoms with E-state index in [2.05, 4.69) is 5.32 Å². The minimum absolute atomic E-state index is 0.231. The molecule has 1 amide bonds. The largest absolute Gasteiger partial charge is 0.420 e. The number of oxazole rings is 1. The minimum Gasteiger partial charge on any atom is -0.408 e. The van der Waals surface area contributed by atoms with Crippen LogP contribution in [0.4, 0.5) is 0 Å². The molecule has 1 heterocycles. The predicted molar refractivity (Wildman–Crippen MR) is 93.4 cm³/mol. The van der Waals surface area contributed by atoms with E-state index in [1.807, 2.05) is 24.3 Å². The summed E-state index contributed by atoms with van der Waals surface area (Å²) in [5, 5.41) is 3.52. The van der Waals surface area contributed by atoms with E-state index in [9.17, 15) is 9.59 Å². The summed E-state index contributed by atoms with van der Waals surface area (Å²) in [5.41, 5.74) is 2.13. The molecule has 0 aliphatic heterocycles. The van der Waals surface area contributed by atoms with Gasteiger partial charge in [-0.2, -0.15) is 0 Å².